The van der Waals surface area contributed by atoms with Crippen LogP contribution in [0.1, 0.15) is 24.2 Å². The molecule has 22 heavy (non-hydrogen) atoms. The van der Waals surface area contributed by atoms with Crippen molar-refractivity contribution < 1.29 is 13.9 Å². The number of hydrogen-bond acceptors (Lipinski definition) is 2. The highest BCUT2D eigenvalue weighted by Gasteiger charge is 2.10. The number of hydrogen-bond donors (Lipinski definition) is 1. The highest BCUT2D eigenvalue weighted by atomic mass is 35.5. The van der Waals surface area contributed by atoms with Gasteiger partial charge in [-0.3, -0.25) is 4.79 Å². The van der Waals surface area contributed by atoms with Gasteiger partial charge in [-0.25, -0.2) is 4.39 Å². The van der Waals surface area contributed by atoms with Crippen molar-refractivity contribution in [2.75, 3.05) is 11.9 Å². The number of anilines is 1. The zero-order chi connectivity index (χ0) is 16.1. The molecule has 0 radical (unpaired) electrons. The molecule has 116 valence electrons. The first kappa shape index (κ1) is 16.3. The zero-order valence-corrected chi connectivity index (χ0v) is 13.2. The third kappa shape index (κ3) is 4.46. The van der Waals surface area contributed by atoms with Gasteiger partial charge in [0.25, 0.3) is 5.91 Å². The molecule has 2 aromatic rings. The molecule has 0 aliphatic rings. The first-order chi connectivity index (χ1) is 10.5. The number of carbonyl (C=O) groups excluding carboxylic acids is 1. The van der Waals surface area contributed by atoms with E-state index in [0.29, 0.717) is 29.5 Å². The molecule has 0 spiro atoms. The van der Waals surface area contributed by atoms with E-state index >= 15 is 0 Å². The van der Waals surface area contributed by atoms with Crippen molar-refractivity contribution in [2.24, 2.45) is 5.92 Å². The Kier molecular flexibility index (Phi) is 5.39. The second-order valence-electron chi connectivity index (χ2n) is 5.31. The zero-order valence-electron chi connectivity index (χ0n) is 12.4. The number of amides is 1. The van der Waals surface area contributed by atoms with Crippen molar-refractivity contribution in [3.8, 4) is 5.75 Å². The van der Waals surface area contributed by atoms with Gasteiger partial charge in [-0.05, 0) is 42.3 Å². The number of rotatable bonds is 5. The van der Waals surface area contributed by atoms with Crippen molar-refractivity contribution >= 4 is 23.2 Å². The third-order valence-electron chi connectivity index (χ3n) is 2.86. The van der Waals surface area contributed by atoms with Crippen LogP contribution in [0.15, 0.2) is 42.5 Å². The van der Waals surface area contributed by atoms with Gasteiger partial charge in [-0.1, -0.05) is 31.5 Å². The van der Waals surface area contributed by atoms with E-state index < -0.39 is 5.82 Å². The maximum atomic E-state index is 13.0. The van der Waals surface area contributed by atoms with Crippen LogP contribution in [0.5, 0.6) is 5.75 Å². The molecule has 0 aliphatic heterocycles. The molecule has 2 aromatic carbocycles. The van der Waals surface area contributed by atoms with Gasteiger partial charge in [-0.2, -0.15) is 0 Å². The number of nitrogens with one attached hydrogen (secondary N) is 1. The predicted molar refractivity (Wildman–Crippen MR) is 86.1 cm³/mol. The van der Waals surface area contributed by atoms with Crippen LogP contribution < -0.4 is 10.1 Å². The molecule has 3 nitrogen and oxygen atoms in total. The minimum Gasteiger partial charge on any atom is -0.493 e. The smallest absolute Gasteiger partial charge is 0.255 e. The summed E-state index contributed by atoms with van der Waals surface area (Å²) < 4.78 is 18.6. The second-order valence-corrected chi connectivity index (χ2v) is 5.72. The molecule has 0 unspecified atom stereocenters. The molecular formula is C17H17ClFNO2. The molecule has 0 saturated carbocycles. The number of benzene rings is 2. The minimum atomic E-state index is -0.452. The van der Waals surface area contributed by atoms with Crippen molar-refractivity contribution in [3.63, 3.8) is 0 Å². The fourth-order valence-corrected chi connectivity index (χ4v) is 1.99. The Bertz CT molecular complexity index is 673. The summed E-state index contributed by atoms with van der Waals surface area (Å²) in [6.07, 6.45) is 0. The Morgan fingerprint density at radius 1 is 1.27 bits per heavy atom. The topological polar surface area (TPSA) is 38.3 Å². The summed E-state index contributed by atoms with van der Waals surface area (Å²) in [6.45, 7) is 4.68. The molecule has 0 heterocycles. The van der Waals surface area contributed by atoms with E-state index in [2.05, 4.69) is 5.32 Å². The lowest BCUT2D eigenvalue weighted by molar-refractivity contribution is 0.102. The largest absolute Gasteiger partial charge is 0.493 e. The molecule has 1 amide bonds. The van der Waals surface area contributed by atoms with E-state index in [4.69, 9.17) is 16.3 Å². The number of halogens is 2. The van der Waals surface area contributed by atoms with Gasteiger partial charge in [0.15, 0.2) is 0 Å². The second kappa shape index (κ2) is 7.27. The van der Waals surface area contributed by atoms with Gasteiger partial charge in [0.05, 0.1) is 17.3 Å². The number of ether oxygens (including phenoxy) is 1. The van der Waals surface area contributed by atoms with Gasteiger partial charge < -0.3 is 10.1 Å². The summed E-state index contributed by atoms with van der Waals surface area (Å²) in [6, 6.07) is 10.7. The van der Waals surface area contributed by atoms with Crippen LogP contribution in [0.2, 0.25) is 5.02 Å². The van der Waals surface area contributed by atoms with Crippen molar-refractivity contribution in [1.82, 2.24) is 0 Å². The van der Waals surface area contributed by atoms with E-state index in [9.17, 15) is 9.18 Å². The summed E-state index contributed by atoms with van der Waals surface area (Å²) in [5.74, 6) is 0.248. The molecule has 1 N–H and O–H groups in total. The van der Waals surface area contributed by atoms with Gasteiger partial charge in [0.2, 0.25) is 0 Å². The Morgan fingerprint density at radius 3 is 2.73 bits per heavy atom. The molecule has 5 heteroatoms. The van der Waals surface area contributed by atoms with Crippen molar-refractivity contribution in [2.45, 2.75) is 13.8 Å². The van der Waals surface area contributed by atoms with Crippen LogP contribution in [0.3, 0.4) is 0 Å². The van der Waals surface area contributed by atoms with Crippen LogP contribution in [-0.4, -0.2) is 12.5 Å². The Morgan fingerprint density at radius 2 is 2.05 bits per heavy atom. The average molecular weight is 322 g/mol. The summed E-state index contributed by atoms with van der Waals surface area (Å²) in [7, 11) is 0. The van der Waals surface area contributed by atoms with E-state index in [0.717, 1.165) is 6.07 Å². The van der Waals surface area contributed by atoms with Crippen molar-refractivity contribution in [1.29, 1.82) is 0 Å². The Labute approximate surface area is 134 Å². The Balaban J connectivity index is 2.10. The predicted octanol–water partition coefficient (Wildman–Crippen LogP) is 4.77. The van der Waals surface area contributed by atoms with Gasteiger partial charge in [0, 0.05) is 5.56 Å². The first-order valence-corrected chi connectivity index (χ1v) is 7.33. The molecule has 0 aromatic heterocycles. The minimum absolute atomic E-state index is 0.153. The van der Waals surface area contributed by atoms with Gasteiger partial charge >= 0.3 is 0 Å². The Hall–Kier alpha value is -2.07. The third-order valence-corrected chi connectivity index (χ3v) is 3.17. The standard InChI is InChI=1S/C17H17ClFNO2/c1-11(2)10-22-14-5-3-4-12(8-14)17(21)20-16-7-6-13(19)9-15(16)18/h3-9,11H,10H2,1-2H3,(H,20,21). The summed E-state index contributed by atoms with van der Waals surface area (Å²) >= 11 is 5.90. The quantitative estimate of drug-likeness (QED) is 0.861. The van der Waals surface area contributed by atoms with E-state index in [1.54, 1.807) is 24.3 Å². The van der Waals surface area contributed by atoms with Gasteiger partial charge in [-0.15, -0.1) is 0 Å². The highest BCUT2D eigenvalue weighted by molar-refractivity contribution is 6.33. The molecule has 0 bridgehead atoms. The monoisotopic (exact) mass is 321 g/mol. The van der Waals surface area contributed by atoms with Crippen LogP contribution in [0.4, 0.5) is 10.1 Å². The van der Waals surface area contributed by atoms with Crippen LogP contribution in [0, 0.1) is 11.7 Å². The maximum absolute atomic E-state index is 13.0. The summed E-state index contributed by atoms with van der Waals surface area (Å²) in [5.41, 5.74) is 0.809. The average Bonchev–Trinajstić information content (AvgIpc) is 2.48. The van der Waals surface area contributed by atoms with Crippen LogP contribution >= 0.6 is 11.6 Å². The van der Waals surface area contributed by atoms with E-state index in [1.165, 1.54) is 12.1 Å². The highest BCUT2D eigenvalue weighted by Crippen LogP contribution is 2.23. The maximum Gasteiger partial charge on any atom is 0.255 e. The lowest BCUT2D eigenvalue weighted by atomic mass is 10.2. The summed E-state index contributed by atoms with van der Waals surface area (Å²) in [4.78, 5) is 12.2. The molecule has 0 aliphatic carbocycles. The lowest BCUT2D eigenvalue weighted by Gasteiger charge is -2.11. The van der Waals surface area contributed by atoms with Crippen LogP contribution in [0.25, 0.3) is 0 Å². The van der Waals surface area contributed by atoms with E-state index in [-0.39, 0.29) is 10.9 Å². The molecule has 0 fully saturated rings. The summed E-state index contributed by atoms with van der Waals surface area (Å²) in [5, 5.41) is 2.81. The normalized spacial score (nSPS) is 10.6. The van der Waals surface area contributed by atoms with Crippen LogP contribution in [-0.2, 0) is 0 Å². The fraction of sp³-hybridized carbons (Fsp3) is 0.235. The molecular weight excluding hydrogens is 305 g/mol. The number of carbonyl (C=O) groups is 1. The molecule has 0 atom stereocenters. The first-order valence-electron chi connectivity index (χ1n) is 6.95. The SMILES string of the molecule is CC(C)COc1cccc(C(=O)Nc2ccc(F)cc2Cl)c1. The van der Waals surface area contributed by atoms with Gasteiger partial charge in [0.1, 0.15) is 11.6 Å². The van der Waals surface area contributed by atoms with Crippen molar-refractivity contribution in [3.05, 3.63) is 58.9 Å². The molecule has 2 rings (SSSR count). The molecule has 0 saturated heterocycles. The van der Waals surface area contributed by atoms with E-state index in [1.807, 2.05) is 13.8 Å². The lowest BCUT2D eigenvalue weighted by Crippen LogP contribution is -2.12. The fourth-order valence-electron chi connectivity index (χ4n) is 1.78.